The zero-order valence-electron chi connectivity index (χ0n) is 13.0. The van der Waals surface area contributed by atoms with Gasteiger partial charge in [0.05, 0.1) is 0 Å². The van der Waals surface area contributed by atoms with Gasteiger partial charge in [0.1, 0.15) is 5.82 Å². The van der Waals surface area contributed by atoms with E-state index in [0.29, 0.717) is 48.8 Å². The molecular weight excluding hydrogens is 299 g/mol. The first kappa shape index (κ1) is 15.6. The number of carbonyl (C=O) groups is 1. The fourth-order valence-corrected chi connectivity index (χ4v) is 2.64. The van der Waals surface area contributed by atoms with Gasteiger partial charge in [-0.3, -0.25) is 4.79 Å². The number of nitrogens with two attached hydrogens (primary N) is 1. The van der Waals surface area contributed by atoms with Crippen LogP contribution in [0, 0.1) is 12.7 Å². The lowest BCUT2D eigenvalue weighted by Crippen LogP contribution is -2.31. The van der Waals surface area contributed by atoms with Crippen molar-refractivity contribution >= 4 is 5.91 Å². The number of amides is 1. The number of hydrogen-bond acceptors (Lipinski definition) is 5. The van der Waals surface area contributed by atoms with Crippen LogP contribution >= 0.6 is 0 Å². The van der Waals surface area contributed by atoms with E-state index in [9.17, 15) is 9.18 Å². The molecule has 23 heavy (non-hydrogen) atoms. The van der Waals surface area contributed by atoms with Gasteiger partial charge in [-0.2, -0.15) is 4.98 Å². The molecule has 1 fully saturated rings. The molecule has 1 saturated heterocycles. The van der Waals surface area contributed by atoms with E-state index in [-0.39, 0.29) is 17.8 Å². The minimum Gasteiger partial charge on any atom is -0.341 e. The summed E-state index contributed by atoms with van der Waals surface area (Å²) in [7, 11) is 0. The minimum absolute atomic E-state index is 0.0512. The van der Waals surface area contributed by atoms with E-state index in [2.05, 4.69) is 10.1 Å². The summed E-state index contributed by atoms with van der Waals surface area (Å²) in [4.78, 5) is 18.1. The lowest BCUT2D eigenvalue weighted by atomic mass is 10.1. The highest BCUT2D eigenvalue weighted by molar-refractivity contribution is 5.76. The Bertz CT molecular complexity index is 716. The third-order valence-electron chi connectivity index (χ3n) is 4.01. The van der Waals surface area contributed by atoms with Crippen molar-refractivity contribution in [2.45, 2.75) is 32.2 Å². The SMILES string of the molecule is Cc1cc(-c2noc(CCC(=O)N3CC[C@@H](N)C3)n2)ccc1F. The third kappa shape index (κ3) is 3.56. The van der Waals surface area contributed by atoms with Crippen LogP contribution in [0.2, 0.25) is 0 Å². The van der Waals surface area contributed by atoms with Crippen molar-refractivity contribution in [3.05, 3.63) is 35.5 Å². The first-order valence-corrected chi connectivity index (χ1v) is 7.65. The fraction of sp³-hybridized carbons (Fsp3) is 0.438. The predicted octanol–water partition coefficient (Wildman–Crippen LogP) is 1.68. The Hall–Kier alpha value is -2.28. The summed E-state index contributed by atoms with van der Waals surface area (Å²) in [6, 6.07) is 4.73. The Labute approximate surface area is 133 Å². The summed E-state index contributed by atoms with van der Waals surface area (Å²) >= 11 is 0. The lowest BCUT2D eigenvalue weighted by molar-refractivity contribution is -0.130. The van der Waals surface area contributed by atoms with E-state index in [1.54, 1.807) is 24.0 Å². The summed E-state index contributed by atoms with van der Waals surface area (Å²) in [5.41, 5.74) is 7.01. The fourth-order valence-electron chi connectivity index (χ4n) is 2.64. The molecule has 0 saturated carbocycles. The van der Waals surface area contributed by atoms with E-state index in [4.69, 9.17) is 10.3 Å². The van der Waals surface area contributed by atoms with Crippen molar-refractivity contribution < 1.29 is 13.7 Å². The van der Waals surface area contributed by atoms with Crippen molar-refractivity contribution in [2.75, 3.05) is 13.1 Å². The highest BCUT2D eigenvalue weighted by Gasteiger charge is 2.23. The number of aromatic nitrogens is 2. The van der Waals surface area contributed by atoms with Gasteiger partial charge in [-0.15, -0.1) is 0 Å². The van der Waals surface area contributed by atoms with Gasteiger partial charge in [-0.05, 0) is 37.1 Å². The Balaban J connectivity index is 1.61. The van der Waals surface area contributed by atoms with Crippen molar-refractivity contribution in [1.82, 2.24) is 15.0 Å². The molecule has 0 spiro atoms. The molecule has 2 N–H and O–H groups in total. The maximum absolute atomic E-state index is 13.3. The van der Waals surface area contributed by atoms with Crippen LogP contribution in [0.4, 0.5) is 4.39 Å². The molecule has 2 heterocycles. The summed E-state index contributed by atoms with van der Waals surface area (Å²) in [5, 5.41) is 3.89. The van der Waals surface area contributed by atoms with E-state index in [0.717, 1.165) is 6.42 Å². The molecule has 1 aromatic carbocycles. The second kappa shape index (κ2) is 6.45. The maximum Gasteiger partial charge on any atom is 0.227 e. The van der Waals surface area contributed by atoms with Gasteiger partial charge in [-0.1, -0.05) is 5.16 Å². The first-order chi connectivity index (χ1) is 11.0. The van der Waals surface area contributed by atoms with Crippen LogP contribution in [0.3, 0.4) is 0 Å². The predicted molar refractivity (Wildman–Crippen MR) is 81.9 cm³/mol. The van der Waals surface area contributed by atoms with Gasteiger partial charge in [0, 0.05) is 37.5 Å². The molecule has 6 nitrogen and oxygen atoms in total. The van der Waals surface area contributed by atoms with Gasteiger partial charge in [0.2, 0.25) is 17.6 Å². The maximum atomic E-state index is 13.3. The number of hydrogen-bond donors (Lipinski definition) is 1. The Morgan fingerprint density at radius 2 is 2.35 bits per heavy atom. The van der Waals surface area contributed by atoms with Crippen molar-refractivity contribution in [3.63, 3.8) is 0 Å². The smallest absolute Gasteiger partial charge is 0.227 e. The number of likely N-dealkylation sites (tertiary alicyclic amines) is 1. The minimum atomic E-state index is -0.271. The number of nitrogens with zero attached hydrogens (tertiary/aromatic N) is 3. The quantitative estimate of drug-likeness (QED) is 0.927. The molecule has 7 heteroatoms. The summed E-state index contributed by atoms with van der Waals surface area (Å²) in [6.45, 7) is 3.01. The third-order valence-corrected chi connectivity index (χ3v) is 4.01. The lowest BCUT2D eigenvalue weighted by Gasteiger charge is -2.14. The van der Waals surface area contributed by atoms with Gasteiger partial charge < -0.3 is 15.2 Å². The number of carbonyl (C=O) groups excluding carboxylic acids is 1. The highest BCUT2D eigenvalue weighted by atomic mass is 19.1. The van der Waals surface area contributed by atoms with E-state index in [1.807, 2.05) is 0 Å². The Morgan fingerprint density at radius 1 is 1.52 bits per heavy atom. The van der Waals surface area contributed by atoms with E-state index in [1.165, 1.54) is 6.07 Å². The van der Waals surface area contributed by atoms with Gasteiger partial charge >= 0.3 is 0 Å². The molecule has 1 atom stereocenters. The van der Waals surface area contributed by atoms with Crippen LogP contribution in [0.15, 0.2) is 22.7 Å². The van der Waals surface area contributed by atoms with Crippen molar-refractivity contribution in [1.29, 1.82) is 0 Å². The normalized spacial score (nSPS) is 17.7. The largest absolute Gasteiger partial charge is 0.341 e. The molecule has 3 rings (SSSR count). The van der Waals surface area contributed by atoms with Crippen LogP contribution in [-0.4, -0.2) is 40.1 Å². The molecule has 0 bridgehead atoms. The van der Waals surface area contributed by atoms with Gasteiger partial charge in [0.25, 0.3) is 0 Å². The Kier molecular flexibility index (Phi) is 4.38. The average Bonchev–Trinajstić information content (AvgIpc) is 3.17. The van der Waals surface area contributed by atoms with Crippen LogP contribution in [-0.2, 0) is 11.2 Å². The molecule has 0 unspecified atom stereocenters. The summed E-state index contributed by atoms with van der Waals surface area (Å²) in [6.07, 6.45) is 1.55. The molecule has 122 valence electrons. The molecule has 1 amide bonds. The zero-order chi connectivity index (χ0) is 16.4. The summed E-state index contributed by atoms with van der Waals surface area (Å²) < 4.78 is 18.5. The monoisotopic (exact) mass is 318 g/mol. The molecule has 1 aromatic heterocycles. The Morgan fingerprint density at radius 3 is 3.04 bits per heavy atom. The summed E-state index contributed by atoms with van der Waals surface area (Å²) in [5.74, 6) is 0.583. The molecule has 0 aliphatic carbocycles. The van der Waals surface area contributed by atoms with Gasteiger partial charge in [0.15, 0.2) is 0 Å². The zero-order valence-corrected chi connectivity index (χ0v) is 13.0. The van der Waals surface area contributed by atoms with E-state index >= 15 is 0 Å². The van der Waals surface area contributed by atoms with Crippen LogP contribution in [0.25, 0.3) is 11.4 Å². The number of halogens is 1. The van der Waals surface area contributed by atoms with Crippen molar-refractivity contribution in [2.24, 2.45) is 5.73 Å². The van der Waals surface area contributed by atoms with E-state index < -0.39 is 0 Å². The van der Waals surface area contributed by atoms with Crippen LogP contribution in [0.5, 0.6) is 0 Å². The second-order valence-electron chi connectivity index (χ2n) is 5.86. The first-order valence-electron chi connectivity index (χ1n) is 7.65. The molecular formula is C16H19FN4O2. The van der Waals surface area contributed by atoms with Crippen LogP contribution in [0.1, 0.15) is 24.3 Å². The van der Waals surface area contributed by atoms with Crippen LogP contribution < -0.4 is 5.73 Å². The molecule has 1 aliphatic heterocycles. The number of aryl methyl sites for hydroxylation is 2. The molecule has 1 aliphatic rings. The number of benzene rings is 1. The average molecular weight is 318 g/mol. The van der Waals surface area contributed by atoms with Gasteiger partial charge in [-0.25, -0.2) is 4.39 Å². The number of rotatable bonds is 4. The standard InChI is InChI=1S/C16H19FN4O2/c1-10-8-11(2-3-13(10)17)16-19-14(23-20-16)4-5-15(22)21-7-6-12(18)9-21/h2-3,8,12H,4-7,9,18H2,1H3/t12-/m1/s1. The second-order valence-corrected chi connectivity index (χ2v) is 5.86. The topological polar surface area (TPSA) is 85.2 Å². The molecule has 2 aromatic rings. The van der Waals surface area contributed by atoms with Crippen molar-refractivity contribution in [3.8, 4) is 11.4 Å². The molecule has 0 radical (unpaired) electrons. The highest BCUT2D eigenvalue weighted by Crippen LogP contribution is 2.19.